The number of methoxy groups -OCH3 is 1. The minimum atomic E-state index is -0.243. The third-order valence-electron chi connectivity index (χ3n) is 5.04. The first-order chi connectivity index (χ1) is 13.5. The van der Waals surface area contributed by atoms with Crippen molar-refractivity contribution in [1.29, 1.82) is 0 Å². The second-order valence-electron chi connectivity index (χ2n) is 7.04. The number of H-pyrrole nitrogens is 1. The lowest BCUT2D eigenvalue weighted by Crippen LogP contribution is -2.50. The molecule has 28 heavy (non-hydrogen) atoms. The van der Waals surface area contributed by atoms with Crippen molar-refractivity contribution in [2.24, 2.45) is 0 Å². The van der Waals surface area contributed by atoms with Gasteiger partial charge in [-0.3, -0.25) is 14.4 Å². The molecule has 0 saturated carbocycles. The van der Waals surface area contributed by atoms with Crippen molar-refractivity contribution in [2.45, 2.75) is 12.8 Å². The summed E-state index contributed by atoms with van der Waals surface area (Å²) in [5, 5.41) is 3.51. The number of benzene rings is 1. The molecule has 0 atom stereocenters. The van der Waals surface area contributed by atoms with E-state index in [0.29, 0.717) is 30.8 Å². The summed E-state index contributed by atoms with van der Waals surface area (Å²) in [5.41, 5.74) is 1.04. The summed E-state index contributed by atoms with van der Waals surface area (Å²) in [7, 11) is 3.61. The van der Waals surface area contributed by atoms with Gasteiger partial charge < -0.3 is 24.8 Å². The number of nitrogens with one attached hydrogen (secondary N) is 2. The van der Waals surface area contributed by atoms with Crippen LogP contribution in [0.4, 0.5) is 0 Å². The first-order valence-corrected chi connectivity index (χ1v) is 9.39. The highest BCUT2D eigenvalue weighted by Crippen LogP contribution is 2.19. The fraction of sp³-hybridized carbons (Fsp3) is 0.450. The summed E-state index contributed by atoms with van der Waals surface area (Å²) in [6.45, 7) is 3.04. The van der Waals surface area contributed by atoms with Gasteiger partial charge in [0.25, 0.3) is 5.56 Å². The number of hydrogen-bond acceptors (Lipinski definition) is 5. The number of carbonyl (C=O) groups is 2. The largest absolute Gasteiger partial charge is 0.497 e. The molecule has 0 radical (unpaired) electrons. The molecule has 1 aromatic carbocycles. The third-order valence-corrected chi connectivity index (χ3v) is 5.04. The smallest absolute Gasteiger partial charge is 0.251 e. The molecule has 0 aliphatic carbocycles. The van der Waals surface area contributed by atoms with Crippen molar-refractivity contribution in [2.75, 3.05) is 46.9 Å². The van der Waals surface area contributed by atoms with Gasteiger partial charge in [0.2, 0.25) is 11.8 Å². The number of aromatic nitrogens is 1. The van der Waals surface area contributed by atoms with Crippen LogP contribution in [0.2, 0.25) is 0 Å². The number of piperazine rings is 1. The maximum atomic E-state index is 12.2. The monoisotopic (exact) mass is 386 g/mol. The van der Waals surface area contributed by atoms with Gasteiger partial charge in [-0.1, -0.05) is 0 Å². The summed E-state index contributed by atoms with van der Waals surface area (Å²) in [6.07, 6.45) is 0.450. The lowest BCUT2D eigenvalue weighted by molar-refractivity contribution is -0.134. The lowest BCUT2D eigenvalue weighted by Gasteiger charge is -2.32. The van der Waals surface area contributed by atoms with Crippen LogP contribution in [0.3, 0.4) is 0 Å². The van der Waals surface area contributed by atoms with Crippen LogP contribution in [0, 0.1) is 0 Å². The molecule has 1 aliphatic rings. The number of carbonyl (C=O) groups excluding carboxylic acids is 2. The molecule has 0 bridgehead atoms. The van der Waals surface area contributed by atoms with Crippen LogP contribution in [0.1, 0.15) is 12.0 Å². The molecule has 8 heteroatoms. The topological polar surface area (TPSA) is 94.7 Å². The number of ether oxygens (including phenoxy) is 1. The van der Waals surface area contributed by atoms with Crippen molar-refractivity contribution in [3.05, 3.63) is 40.2 Å². The van der Waals surface area contributed by atoms with Crippen molar-refractivity contribution in [3.63, 3.8) is 0 Å². The molecule has 2 aromatic rings. The zero-order valence-electron chi connectivity index (χ0n) is 16.3. The Kier molecular flexibility index (Phi) is 6.30. The fourth-order valence-electron chi connectivity index (χ4n) is 3.22. The molecule has 1 saturated heterocycles. The van der Waals surface area contributed by atoms with Gasteiger partial charge in [0.15, 0.2) is 0 Å². The van der Waals surface area contributed by atoms with E-state index in [2.05, 4.69) is 15.2 Å². The predicted molar refractivity (Wildman–Crippen MR) is 107 cm³/mol. The van der Waals surface area contributed by atoms with E-state index < -0.39 is 0 Å². The Morgan fingerprint density at radius 2 is 1.93 bits per heavy atom. The average Bonchev–Trinajstić information content (AvgIpc) is 2.70. The summed E-state index contributed by atoms with van der Waals surface area (Å²) in [5.74, 6) is 0.385. The lowest BCUT2D eigenvalue weighted by atomic mass is 10.1. The van der Waals surface area contributed by atoms with E-state index in [1.54, 1.807) is 30.2 Å². The number of hydrogen-bond donors (Lipinski definition) is 2. The molecule has 8 nitrogen and oxygen atoms in total. The molecule has 1 aliphatic heterocycles. The predicted octanol–water partition coefficient (Wildman–Crippen LogP) is 0.360. The SMILES string of the molecule is COc1ccc2[nH]c(=O)c(CCC(=O)NCC(=O)N3CCN(C)CC3)cc2c1. The van der Waals surface area contributed by atoms with Crippen LogP contribution in [0.5, 0.6) is 5.75 Å². The second-order valence-corrected chi connectivity index (χ2v) is 7.04. The van der Waals surface area contributed by atoms with Gasteiger partial charge in [-0.05, 0) is 37.7 Å². The molecule has 2 N–H and O–H groups in total. The van der Waals surface area contributed by atoms with Gasteiger partial charge >= 0.3 is 0 Å². The van der Waals surface area contributed by atoms with Crippen molar-refractivity contribution >= 4 is 22.7 Å². The second kappa shape index (κ2) is 8.88. The zero-order valence-corrected chi connectivity index (χ0v) is 16.3. The molecular formula is C20H26N4O4. The molecular weight excluding hydrogens is 360 g/mol. The third kappa shape index (κ3) is 4.89. The number of likely N-dealkylation sites (N-methyl/N-ethyl adjacent to an activating group) is 1. The Labute approximate surface area is 163 Å². The molecule has 1 aromatic heterocycles. The molecule has 150 valence electrons. The maximum absolute atomic E-state index is 12.2. The highest BCUT2D eigenvalue weighted by molar-refractivity contribution is 5.85. The van der Waals surface area contributed by atoms with Crippen molar-refractivity contribution in [3.8, 4) is 5.75 Å². The molecule has 2 amide bonds. The average molecular weight is 386 g/mol. The molecule has 0 unspecified atom stereocenters. The quantitative estimate of drug-likeness (QED) is 0.748. The van der Waals surface area contributed by atoms with E-state index >= 15 is 0 Å². The normalized spacial score (nSPS) is 14.9. The van der Waals surface area contributed by atoms with Crippen LogP contribution < -0.4 is 15.6 Å². The summed E-state index contributed by atoms with van der Waals surface area (Å²) in [6, 6.07) is 7.18. The van der Waals surface area contributed by atoms with Gasteiger partial charge in [-0.2, -0.15) is 0 Å². The Bertz CT molecular complexity index is 916. The van der Waals surface area contributed by atoms with Crippen LogP contribution in [-0.2, 0) is 16.0 Å². The van der Waals surface area contributed by atoms with E-state index in [-0.39, 0.29) is 30.3 Å². The van der Waals surface area contributed by atoms with Gasteiger partial charge in [0.1, 0.15) is 5.75 Å². The Hall–Kier alpha value is -2.87. The summed E-state index contributed by atoms with van der Waals surface area (Å²) >= 11 is 0. The standard InChI is InChI=1S/C20H26N4O4/c1-23-7-9-24(10-8-23)19(26)13-21-18(25)6-3-14-11-15-12-16(28-2)4-5-17(15)22-20(14)27/h4-5,11-12H,3,6-10,13H2,1-2H3,(H,21,25)(H,22,27). The number of nitrogens with zero attached hydrogens (tertiary/aromatic N) is 2. The first-order valence-electron chi connectivity index (χ1n) is 9.39. The van der Waals surface area contributed by atoms with E-state index in [9.17, 15) is 14.4 Å². The Morgan fingerprint density at radius 1 is 1.18 bits per heavy atom. The number of aryl methyl sites for hydroxylation is 1. The van der Waals surface area contributed by atoms with E-state index in [1.807, 2.05) is 13.1 Å². The van der Waals surface area contributed by atoms with Crippen LogP contribution in [0.15, 0.2) is 29.1 Å². The minimum Gasteiger partial charge on any atom is -0.497 e. The first kappa shape index (κ1) is 19.9. The van der Waals surface area contributed by atoms with Crippen molar-refractivity contribution < 1.29 is 14.3 Å². The van der Waals surface area contributed by atoms with E-state index in [1.165, 1.54) is 0 Å². The number of fused-ring (bicyclic) bond motifs is 1. The maximum Gasteiger partial charge on any atom is 0.251 e. The highest BCUT2D eigenvalue weighted by atomic mass is 16.5. The van der Waals surface area contributed by atoms with Crippen LogP contribution in [0.25, 0.3) is 10.9 Å². The van der Waals surface area contributed by atoms with Gasteiger partial charge in [-0.25, -0.2) is 0 Å². The molecule has 3 rings (SSSR count). The Morgan fingerprint density at radius 3 is 2.64 bits per heavy atom. The molecule has 1 fully saturated rings. The van der Waals surface area contributed by atoms with Crippen molar-refractivity contribution in [1.82, 2.24) is 20.1 Å². The number of amides is 2. The highest BCUT2D eigenvalue weighted by Gasteiger charge is 2.19. The van der Waals surface area contributed by atoms with Crippen LogP contribution >= 0.6 is 0 Å². The molecule has 0 spiro atoms. The van der Waals surface area contributed by atoms with Gasteiger partial charge in [-0.15, -0.1) is 0 Å². The summed E-state index contributed by atoms with van der Waals surface area (Å²) < 4.78 is 5.21. The van der Waals surface area contributed by atoms with Crippen LogP contribution in [-0.4, -0.2) is 73.5 Å². The zero-order chi connectivity index (χ0) is 20.1. The fourth-order valence-corrected chi connectivity index (χ4v) is 3.22. The number of rotatable bonds is 6. The molecule has 2 heterocycles. The number of pyridine rings is 1. The minimum absolute atomic E-state index is 0.00613. The number of aromatic amines is 1. The van der Waals surface area contributed by atoms with Gasteiger partial charge in [0.05, 0.1) is 13.7 Å². The summed E-state index contributed by atoms with van der Waals surface area (Å²) in [4.78, 5) is 43.2. The van der Waals surface area contributed by atoms with E-state index in [0.717, 1.165) is 24.0 Å². The van der Waals surface area contributed by atoms with Gasteiger partial charge in [0, 0.05) is 49.1 Å². The Balaban J connectivity index is 1.53. The van der Waals surface area contributed by atoms with E-state index in [4.69, 9.17) is 4.74 Å².